The van der Waals surface area contributed by atoms with Crippen LogP contribution in [0.1, 0.15) is 69.0 Å². The number of carbonyl (C=O) groups is 1. The maximum Gasteiger partial charge on any atom is 0.389 e. The van der Waals surface area contributed by atoms with Crippen molar-refractivity contribution in [1.29, 1.82) is 0 Å². The van der Waals surface area contributed by atoms with Crippen molar-refractivity contribution < 1.29 is 18.0 Å². The highest BCUT2D eigenvalue weighted by atomic mass is 35.5. The van der Waals surface area contributed by atoms with Gasteiger partial charge < -0.3 is 4.90 Å². The molecule has 0 radical (unpaired) electrons. The topological polar surface area (TPSA) is 20.3 Å². The van der Waals surface area contributed by atoms with E-state index < -0.39 is 30.1 Å². The van der Waals surface area contributed by atoms with E-state index in [9.17, 15) is 18.0 Å². The molecule has 1 aliphatic rings. The van der Waals surface area contributed by atoms with Crippen LogP contribution in [-0.4, -0.2) is 23.0 Å². The third kappa shape index (κ3) is 5.98. The van der Waals surface area contributed by atoms with Gasteiger partial charge in [0.15, 0.2) is 0 Å². The van der Waals surface area contributed by atoms with Crippen molar-refractivity contribution in [2.24, 2.45) is 5.41 Å². The lowest BCUT2D eigenvalue weighted by Crippen LogP contribution is -2.55. The molecule has 0 spiro atoms. The second-order valence-corrected chi connectivity index (χ2v) is 10.2. The Hall–Kier alpha value is -1.98. The fourth-order valence-corrected chi connectivity index (χ4v) is 5.48. The third-order valence-electron chi connectivity index (χ3n) is 6.81. The van der Waals surface area contributed by atoms with E-state index in [0.717, 1.165) is 11.1 Å². The SMILES string of the molecule is C=CC[C@@]1(C)C[C@H](c2cccc(Cl)c2)[C@@H](c2ccc(Cl)cc2)N(C(CC)CCC(F)(F)F)C1=O. The van der Waals surface area contributed by atoms with E-state index in [-0.39, 0.29) is 18.2 Å². The molecule has 0 aromatic heterocycles. The molecule has 2 aromatic carbocycles. The molecular formula is C27H30Cl2F3NO. The number of benzene rings is 2. The minimum Gasteiger partial charge on any atom is -0.332 e. The highest BCUT2D eigenvalue weighted by Crippen LogP contribution is 2.52. The second kappa shape index (κ2) is 10.7. The number of allylic oxidation sites excluding steroid dienone is 1. The molecule has 4 atom stereocenters. The standard InChI is InChI=1S/C27H30Cl2F3NO/c1-4-14-26(3)17-23(19-7-6-8-21(29)16-19)24(18-9-11-20(28)12-10-18)33(25(26)34)22(5-2)13-15-27(30,31)32/h4,6-12,16,22-24H,1,5,13-15,17H2,2-3H3/t22?,23-,24-,26+/m1/s1. The normalized spacial score (nSPS) is 24.2. The summed E-state index contributed by atoms with van der Waals surface area (Å²) in [6.07, 6.45) is -2.30. The summed E-state index contributed by atoms with van der Waals surface area (Å²) in [5.74, 6) is -0.304. The van der Waals surface area contributed by atoms with Gasteiger partial charge in [-0.05, 0) is 61.1 Å². The van der Waals surface area contributed by atoms with Crippen LogP contribution in [0.25, 0.3) is 0 Å². The van der Waals surface area contributed by atoms with E-state index in [4.69, 9.17) is 23.2 Å². The highest BCUT2D eigenvalue weighted by Gasteiger charge is 2.51. The van der Waals surface area contributed by atoms with Crippen molar-refractivity contribution in [2.45, 2.75) is 70.1 Å². The summed E-state index contributed by atoms with van der Waals surface area (Å²) in [5.41, 5.74) is 1.00. The van der Waals surface area contributed by atoms with E-state index in [0.29, 0.717) is 29.3 Å². The number of likely N-dealkylation sites (tertiary alicyclic amines) is 1. The van der Waals surface area contributed by atoms with E-state index in [1.54, 1.807) is 29.2 Å². The number of hydrogen-bond donors (Lipinski definition) is 0. The number of rotatable bonds is 8. The van der Waals surface area contributed by atoms with Gasteiger partial charge in [-0.15, -0.1) is 6.58 Å². The van der Waals surface area contributed by atoms with E-state index in [1.807, 2.05) is 44.2 Å². The number of amides is 1. The lowest BCUT2D eigenvalue weighted by molar-refractivity contribution is -0.159. The molecule has 1 amide bonds. The van der Waals surface area contributed by atoms with Gasteiger partial charge in [-0.3, -0.25) is 4.79 Å². The number of hydrogen-bond acceptors (Lipinski definition) is 1. The summed E-state index contributed by atoms with van der Waals surface area (Å²) >= 11 is 12.5. The number of alkyl halides is 3. The Bertz CT molecular complexity index is 1010. The zero-order chi connectivity index (χ0) is 25.1. The summed E-state index contributed by atoms with van der Waals surface area (Å²) in [6.45, 7) is 7.56. The van der Waals surface area contributed by atoms with Crippen LogP contribution in [0, 0.1) is 5.41 Å². The van der Waals surface area contributed by atoms with Gasteiger partial charge in [-0.25, -0.2) is 0 Å². The molecule has 3 rings (SSSR count). The zero-order valence-electron chi connectivity index (χ0n) is 19.4. The van der Waals surface area contributed by atoms with Crippen LogP contribution in [0.2, 0.25) is 10.0 Å². The zero-order valence-corrected chi connectivity index (χ0v) is 20.9. The second-order valence-electron chi connectivity index (χ2n) is 9.34. The first kappa shape index (κ1) is 26.6. The molecule has 1 aliphatic heterocycles. The molecule has 0 N–H and O–H groups in total. The van der Waals surface area contributed by atoms with Gasteiger partial charge in [0.2, 0.25) is 5.91 Å². The molecule has 1 fully saturated rings. The van der Waals surface area contributed by atoms with Gasteiger partial charge >= 0.3 is 6.18 Å². The third-order valence-corrected chi connectivity index (χ3v) is 7.30. The van der Waals surface area contributed by atoms with Gasteiger partial charge in [0.1, 0.15) is 0 Å². The number of carbonyl (C=O) groups excluding carboxylic acids is 1. The molecule has 1 heterocycles. The lowest BCUT2D eigenvalue weighted by Gasteiger charge is -2.52. The minimum absolute atomic E-state index is 0.139. The first-order valence-electron chi connectivity index (χ1n) is 11.5. The molecule has 0 aliphatic carbocycles. The maximum absolute atomic E-state index is 14.0. The Balaban J connectivity index is 2.19. The van der Waals surface area contributed by atoms with Gasteiger partial charge in [0.05, 0.1) is 11.5 Å². The Morgan fingerprint density at radius 2 is 1.82 bits per heavy atom. The number of halogens is 5. The average molecular weight is 512 g/mol. The average Bonchev–Trinajstić information content (AvgIpc) is 2.77. The lowest BCUT2D eigenvalue weighted by atomic mass is 9.67. The first-order chi connectivity index (χ1) is 16.0. The van der Waals surface area contributed by atoms with Crippen LogP contribution in [0.4, 0.5) is 13.2 Å². The minimum atomic E-state index is -4.29. The Labute approximate surface area is 209 Å². The van der Waals surface area contributed by atoms with Gasteiger partial charge in [-0.1, -0.05) is 67.4 Å². The summed E-state index contributed by atoms with van der Waals surface area (Å²) < 4.78 is 39.6. The Kier molecular flexibility index (Phi) is 8.41. The summed E-state index contributed by atoms with van der Waals surface area (Å²) in [6, 6.07) is 13.7. The molecule has 2 aromatic rings. The fraction of sp³-hybridized carbons (Fsp3) is 0.444. The smallest absolute Gasteiger partial charge is 0.332 e. The summed E-state index contributed by atoms with van der Waals surface area (Å²) in [4.78, 5) is 15.7. The predicted molar refractivity (Wildman–Crippen MR) is 132 cm³/mol. The highest BCUT2D eigenvalue weighted by molar-refractivity contribution is 6.30. The van der Waals surface area contributed by atoms with E-state index >= 15 is 0 Å². The molecule has 184 valence electrons. The van der Waals surface area contributed by atoms with Crippen LogP contribution < -0.4 is 0 Å². The molecular weight excluding hydrogens is 482 g/mol. The molecule has 1 saturated heterocycles. The van der Waals surface area contributed by atoms with Crippen molar-refractivity contribution in [3.8, 4) is 0 Å². The van der Waals surface area contributed by atoms with Crippen LogP contribution in [0.15, 0.2) is 61.2 Å². The van der Waals surface area contributed by atoms with Crippen LogP contribution in [0.3, 0.4) is 0 Å². The summed E-state index contributed by atoms with van der Waals surface area (Å²) in [5, 5.41) is 1.13. The first-order valence-corrected chi connectivity index (χ1v) is 12.3. The molecule has 1 unspecified atom stereocenters. The Morgan fingerprint density at radius 1 is 1.15 bits per heavy atom. The fourth-order valence-electron chi connectivity index (χ4n) is 5.16. The maximum atomic E-state index is 14.0. The van der Waals surface area contributed by atoms with Crippen molar-refractivity contribution in [3.63, 3.8) is 0 Å². The van der Waals surface area contributed by atoms with E-state index in [1.165, 1.54) is 0 Å². The van der Waals surface area contributed by atoms with Gasteiger partial charge in [0.25, 0.3) is 0 Å². The monoisotopic (exact) mass is 511 g/mol. The number of nitrogens with zero attached hydrogens (tertiary/aromatic N) is 1. The largest absolute Gasteiger partial charge is 0.389 e. The molecule has 34 heavy (non-hydrogen) atoms. The van der Waals surface area contributed by atoms with Crippen molar-refractivity contribution in [1.82, 2.24) is 4.90 Å². The number of piperidine rings is 1. The van der Waals surface area contributed by atoms with Gasteiger partial charge in [0, 0.05) is 28.4 Å². The predicted octanol–water partition coefficient (Wildman–Crippen LogP) is 8.75. The molecule has 0 saturated carbocycles. The molecule has 2 nitrogen and oxygen atoms in total. The van der Waals surface area contributed by atoms with Crippen LogP contribution in [-0.2, 0) is 4.79 Å². The van der Waals surface area contributed by atoms with Crippen LogP contribution >= 0.6 is 23.2 Å². The summed E-state index contributed by atoms with van der Waals surface area (Å²) in [7, 11) is 0. The van der Waals surface area contributed by atoms with E-state index in [2.05, 4.69) is 6.58 Å². The molecule has 0 bridgehead atoms. The quantitative estimate of drug-likeness (QED) is 0.324. The van der Waals surface area contributed by atoms with Crippen molar-refractivity contribution in [2.75, 3.05) is 0 Å². The van der Waals surface area contributed by atoms with Gasteiger partial charge in [-0.2, -0.15) is 13.2 Å². The Morgan fingerprint density at radius 3 is 2.38 bits per heavy atom. The van der Waals surface area contributed by atoms with Crippen molar-refractivity contribution in [3.05, 3.63) is 82.4 Å². The van der Waals surface area contributed by atoms with Crippen molar-refractivity contribution >= 4 is 29.1 Å². The van der Waals surface area contributed by atoms with Crippen LogP contribution in [0.5, 0.6) is 0 Å². The molecule has 7 heteroatoms.